The summed E-state index contributed by atoms with van der Waals surface area (Å²) in [6.07, 6.45) is 7.80. The summed E-state index contributed by atoms with van der Waals surface area (Å²) >= 11 is 0. The molecule has 3 aromatic carbocycles. The van der Waals surface area contributed by atoms with Gasteiger partial charge in [0.15, 0.2) is 0 Å². The summed E-state index contributed by atoms with van der Waals surface area (Å²) in [4.78, 5) is 136. The zero-order valence-corrected chi connectivity index (χ0v) is 55.4. The van der Waals surface area contributed by atoms with E-state index in [0.717, 1.165) is 144 Å². The summed E-state index contributed by atoms with van der Waals surface area (Å²) in [5.74, 6) is -2.72. The number of rotatable bonds is 14. The van der Waals surface area contributed by atoms with Crippen LogP contribution in [0.4, 0.5) is 21.0 Å². The van der Waals surface area contributed by atoms with Crippen molar-refractivity contribution in [1.29, 1.82) is 0 Å². The first-order valence-corrected chi connectivity index (χ1v) is 34.1. The Bertz CT molecular complexity index is 3410. The largest absolute Gasteiger partial charge is 0.444 e. The lowest BCUT2D eigenvalue weighted by Crippen LogP contribution is -2.54. The van der Waals surface area contributed by atoms with Gasteiger partial charge in [-0.05, 0) is 180 Å². The molecule has 8 aliphatic rings. The highest BCUT2D eigenvalue weighted by Crippen LogP contribution is 2.34. The lowest BCUT2D eigenvalue weighted by molar-refractivity contribution is -0.137. The first kappa shape index (κ1) is 69.5. The summed E-state index contributed by atoms with van der Waals surface area (Å²) in [6.45, 7) is 24.2. The molecule has 2 atom stereocenters. The maximum Gasteiger partial charge on any atom is 0.410 e. The van der Waals surface area contributed by atoms with E-state index in [-0.39, 0.29) is 61.2 Å². The number of carbonyl (C=O) groups excluding carboxylic acids is 10. The minimum Gasteiger partial charge on any atom is -0.444 e. The third kappa shape index (κ3) is 17.9. The average Bonchev–Trinajstić information content (AvgIpc) is 1.62. The molecule has 93 heavy (non-hydrogen) atoms. The molecule has 3 aromatic rings. The van der Waals surface area contributed by atoms with Crippen molar-refractivity contribution in [2.75, 3.05) is 101 Å². The Labute approximate surface area is 544 Å². The number of carbonyl (C=O) groups is 10. The van der Waals surface area contributed by atoms with Gasteiger partial charge >= 0.3 is 12.2 Å². The van der Waals surface area contributed by atoms with Crippen molar-refractivity contribution < 1.29 is 70.0 Å². The number of piperazine rings is 2. The Morgan fingerprint density at radius 2 is 0.935 bits per heavy atom. The SMILES string of the molecule is CC(C)(C)OC(=O)N1CCC(CCCN2CCN(c3ccc4c(c3)C(=O)N(C3CCC(=O)NC3=O)C4=O)CC2)CC1.Cc1ccc(S(=O)(=O)OCCCC2CCN(C(=O)OC(C)(C)C)CC2)cc1.O=C1CCC(N2C(=O)c3ccc(N4CCNCC4)cc3C2=O)C(=O)N1. The molecular formula is C67H90N10O15S. The number of piperidine rings is 4. The molecule has 0 radical (unpaired) electrons. The molecule has 8 heterocycles. The van der Waals surface area contributed by atoms with Gasteiger partial charge in [0.1, 0.15) is 23.3 Å². The molecule has 25 nitrogen and oxygen atoms in total. The number of imide groups is 4. The number of hydrogen-bond donors (Lipinski definition) is 3. The van der Waals surface area contributed by atoms with Crippen LogP contribution in [0, 0.1) is 18.8 Å². The molecule has 11 rings (SSSR count). The Balaban J connectivity index is 0.000000172. The van der Waals surface area contributed by atoms with E-state index in [1.54, 1.807) is 53.4 Å². The van der Waals surface area contributed by atoms with Crippen molar-refractivity contribution in [3.05, 3.63) is 88.5 Å². The van der Waals surface area contributed by atoms with Crippen LogP contribution in [0.15, 0.2) is 65.6 Å². The fourth-order valence-corrected chi connectivity index (χ4v) is 13.8. The van der Waals surface area contributed by atoms with Crippen LogP contribution in [0.5, 0.6) is 0 Å². The topological polar surface area (TPSA) is 291 Å². The molecule has 0 saturated carbocycles. The zero-order chi connectivity index (χ0) is 66.9. The number of nitrogens with zero attached hydrogens (tertiary/aromatic N) is 7. The van der Waals surface area contributed by atoms with E-state index in [2.05, 4.69) is 30.7 Å². The van der Waals surface area contributed by atoms with Gasteiger partial charge in [0.05, 0.1) is 33.8 Å². The Kier molecular flexibility index (Phi) is 22.5. The van der Waals surface area contributed by atoms with E-state index in [4.69, 9.17) is 13.7 Å². The number of aryl methyl sites for hydroxylation is 1. The number of ether oxygens (including phenoxy) is 2. The highest BCUT2D eigenvalue weighted by atomic mass is 32.2. The van der Waals surface area contributed by atoms with E-state index >= 15 is 0 Å². The van der Waals surface area contributed by atoms with Crippen LogP contribution in [-0.2, 0) is 43.0 Å². The van der Waals surface area contributed by atoms with Crippen molar-refractivity contribution in [3.63, 3.8) is 0 Å². The molecule has 504 valence electrons. The molecule has 8 aliphatic heterocycles. The second-order valence-electron chi connectivity index (χ2n) is 27.1. The van der Waals surface area contributed by atoms with Gasteiger partial charge in [-0.15, -0.1) is 0 Å². The van der Waals surface area contributed by atoms with Gasteiger partial charge in [0, 0.05) is 103 Å². The number of fused-ring (bicyclic) bond motifs is 2. The second-order valence-corrected chi connectivity index (χ2v) is 28.7. The predicted octanol–water partition coefficient (Wildman–Crippen LogP) is 6.26. The van der Waals surface area contributed by atoms with E-state index < -0.39 is 68.8 Å². The average molecular weight is 1310 g/mol. The van der Waals surface area contributed by atoms with Crippen LogP contribution in [0.1, 0.15) is 166 Å². The maximum absolute atomic E-state index is 13.2. The highest BCUT2D eigenvalue weighted by Gasteiger charge is 2.47. The molecule has 0 aromatic heterocycles. The van der Waals surface area contributed by atoms with Crippen LogP contribution in [0.25, 0.3) is 0 Å². The molecule has 3 N–H and O–H groups in total. The van der Waals surface area contributed by atoms with Crippen LogP contribution >= 0.6 is 0 Å². The second kappa shape index (κ2) is 30.1. The fraction of sp³-hybridized carbons (Fsp3) is 0.582. The molecular weight excluding hydrogens is 1220 g/mol. The summed E-state index contributed by atoms with van der Waals surface area (Å²) in [6, 6.07) is 15.3. The summed E-state index contributed by atoms with van der Waals surface area (Å²) < 4.78 is 40.3. The maximum atomic E-state index is 13.2. The number of benzene rings is 3. The molecule has 26 heteroatoms. The predicted molar refractivity (Wildman–Crippen MR) is 344 cm³/mol. The minimum absolute atomic E-state index is 0.104. The van der Waals surface area contributed by atoms with Crippen LogP contribution < -0.4 is 25.8 Å². The first-order valence-electron chi connectivity index (χ1n) is 32.7. The van der Waals surface area contributed by atoms with Crippen molar-refractivity contribution in [1.82, 2.24) is 40.4 Å². The Hall–Kier alpha value is -7.81. The van der Waals surface area contributed by atoms with Crippen molar-refractivity contribution in [3.8, 4) is 0 Å². The van der Waals surface area contributed by atoms with Gasteiger partial charge in [0.2, 0.25) is 23.6 Å². The Morgan fingerprint density at radius 3 is 1.37 bits per heavy atom. The monoisotopic (exact) mass is 1310 g/mol. The molecule has 0 aliphatic carbocycles. The van der Waals surface area contributed by atoms with Crippen LogP contribution in [-0.4, -0.2) is 207 Å². The number of hydrogen-bond acceptors (Lipinski definition) is 19. The lowest BCUT2D eigenvalue weighted by atomic mass is 9.92. The molecule has 2 unspecified atom stereocenters. The van der Waals surface area contributed by atoms with Gasteiger partial charge in [-0.25, -0.2) is 9.59 Å². The standard InChI is InChI=1S/C30H41N5O6.C20H31NO5S.C17H18N4O4/c1-30(2,3)41-29(40)34-13-10-20(11-14-34)5-4-12-32-15-17-33(18-16-32)21-6-7-22-23(19-21)28(39)35(27(22)38)24-8-9-25(36)31-26(24)37;1-16-7-9-18(10-8-16)27(23,24)25-15-5-6-17-11-13-21(14-12-17)19(22)26-20(2,3)4;22-14-4-3-13(15(23)19-14)21-16(24)11-2-1-10(9-12(11)17(21)25)20-7-5-18-6-8-20/h6-7,19-20,24H,4-5,8-18H2,1-3H3,(H,31,36,37);7-10,17H,5-6,11-15H2,1-4H3;1-2,9,13,18H,3-8H2,(H,19,22,23). The summed E-state index contributed by atoms with van der Waals surface area (Å²) in [5.41, 5.74) is 3.11. The van der Waals surface area contributed by atoms with Crippen LogP contribution in [0.3, 0.4) is 0 Å². The van der Waals surface area contributed by atoms with Gasteiger partial charge in [-0.3, -0.25) is 67.9 Å². The smallest absolute Gasteiger partial charge is 0.410 e. The number of anilines is 2. The zero-order valence-electron chi connectivity index (χ0n) is 54.6. The van der Waals surface area contributed by atoms with Gasteiger partial charge in [-0.2, -0.15) is 8.42 Å². The van der Waals surface area contributed by atoms with Crippen molar-refractivity contribution in [2.24, 2.45) is 11.8 Å². The molecule has 0 bridgehead atoms. The quantitative estimate of drug-likeness (QED) is 0.0911. The van der Waals surface area contributed by atoms with Crippen molar-refractivity contribution >= 4 is 80.9 Å². The molecule has 6 fully saturated rings. The third-order valence-corrected chi connectivity index (χ3v) is 19.3. The highest BCUT2D eigenvalue weighted by molar-refractivity contribution is 7.86. The fourth-order valence-electron chi connectivity index (χ4n) is 12.8. The first-order chi connectivity index (χ1) is 44.1. The third-order valence-electron chi connectivity index (χ3n) is 18.0. The van der Waals surface area contributed by atoms with Gasteiger partial charge in [0.25, 0.3) is 33.7 Å². The van der Waals surface area contributed by atoms with Crippen LogP contribution in [0.2, 0.25) is 0 Å². The summed E-state index contributed by atoms with van der Waals surface area (Å²) in [7, 11) is -3.69. The van der Waals surface area contributed by atoms with Crippen molar-refractivity contribution in [2.45, 2.75) is 154 Å². The minimum atomic E-state index is -3.69. The van der Waals surface area contributed by atoms with E-state index in [9.17, 15) is 56.4 Å². The van der Waals surface area contributed by atoms with E-state index in [0.29, 0.717) is 53.6 Å². The Morgan fingerprint density at radius 1 is 0.516 bits per heavy atom. The molecule has 6 saturated heterocycles. The lowest BCUT2D eigenvalue weighted by Gasteiger charge is -2.37. The van der Waals surface area contributed by atoms with Gasteiger partial charge < -0.3 is 34.4 Å². The molecule has 10 amide bonds. The van der Waals surface area contributed by atoms with E-state index in [1.165, 1.54) is 0 Å². The normalized spacial score (nSPS) is 21.2. The van der Waals surface area contributed by atoms with E-state index in [1.807, 2.05) is 65.5 Å². The van der Waals surface area contributed by atoms with Gasteiger partial charge in [-0.1, -0.05) is 17.7 Å². The number of nitrogens with one attached hydrogen (secondary N) is 3. The summed E-state index contributed by atoms with van der Waals surface area (Å²) in [5, 5.41) is 7.70. The molecule has 0 spiro atoms. The number of likely N-dealkylation sites (tertiary alicyclic amines) is 2. The number of amides is 10.